The number of amides is 1. The van der Waals surface area contributed by atoms with Crippen molar-refractivity contribution >= 4 is 17.6 Å². The van der Waals surface area contributed by atoms with Crippen LogP contribution in [0.1, 0.15) is 17.3 Å². The lowest BCUT2D eigenvalue weighted by Crippen LogP contribution is -2.20. The highest BCUT2D eigenvalue weighted by molar-refractivity contribution is 6.13. The Kier molecular flexibility index (Phi) is 1.73. The first-order valence-electron chi connectivity index (χ1n) is 4.11. The molecule has 0 spiro atoms. The molecule has 1 aliphatic heterocycles. The van der Waals surface area contributed by atoms with Gasteiger partial charge in [0.25, 0.3) is 0 Å². The van der Waals surface area contributed by atoms with E-state index >= 15 is 0 Å². The van der Waals surface area contributed by atoms with Crippen molar-refractivity contribution in [3.8, 4) is 0 Å². The van der Waals surface area contributed by atoms with Gasteiger partial charge < -0.3 is 10.4 Å². The average Bonchev–Trinajstić information content (AvgIpc) is 2.40. The van der Waals surface area contributed by atoms with Gasteiger partial charge in [-0.25, -0.2) is 0 Å². The second kappa shape index (κ2) is 2.80. The van der Waals surface area contributed by atoms with Gasteiger partial charge in [-0.2, -0.15) is 0 Å². The van der Waals surface area contributed by atoms with Crippen LogP contribution in [0.2, 0.25) is 0 Å². The molecule has 14 heavy (non-hydrogen) atoms. The zero-order valence-electron chi connectivity index (χ0n) is 7.44. The molecule has 5 nitrogen and oxygen atoms in total. The van der Waals surface area contributed by atoms with Crippen molar-refractivity contribution in [1.29, 1.82) is 0 Å². The van der Waals surface area contributed by atoms with Crippen LogP contribution in [0.15, 0.2) is 12.1 Å². The van der Waals surface area contributed by atoms with E-state index in [9.17, 15) is 9.59 Å². The molecule has 1 unspecified atom stereocenters. The van der Waals surface area contributed by atoms with Gasteiger partial charge >= 0.3 is 5.97 Å². The molecule has 0 saturated heterocycles. The average molecular weight is 192 g/mol. The zero-order valence-corrected chi connectivity index (χ0v) is 7.44. The van der Waals surface area contributed by atoms with E-state index in [0.717, 1.165) is 0 Å². The lowest BCUT2D eigenvalue weighted by Gasteiger charge is -2.01. The van der Waals surface area contributed by atoms with E-state index in [1.807, 2.05) is 0 Å². The Labute approximate surface area is 79.8 Å². The van der Waals surface area contributed by atoms with E-state index < -0.39 is 17.8 Å². The molecule has 0 radical (unpaired) electrons. The van der Waals surface area contributed by atoms with Gasteiger partial charge in [0.1, 0.15) is 0 Å². The fourth-order valence-electron chi connectivity index (χ4n) is 1.46. The number of carbonyl (C=O) groups excluding carboxylic acids is 1. The Morgan fingerprint density at radius 3 is 2.93 bits per heavy atom. The number of anilines is 1. The summed E-state index contributed by atoms with van der Waals surface area (Å²) in [4.78, 5) is 26.1. The van der Waals surface area contributed by atoms with Crippen molar-refractivity contribution in [2.75, 3.05) is 5.32 Å². The lowest BCUT2D eigenvalue weighted by atomic mass is 10.1. The fraction of sp³-hybridized carbons (Fsp3) is 0.222. The predicted octanol–water partition coefficient (Wildman–Crippen LogP) is 0.510. The van der Waals surface area contributed by atoms with Gasteiger partial charge in [-0.05, 0) is 19.1 Å². The predicted molar refractivity (Wildman–Crippen MR) is 48.0 cm³/mol. The molecule has 0 aromatic carbocycles. The van der Waals surface area contributed by atoms with Gasteiger partial charge in [0.2, 0.25) is 5.91 Å². The summed E-state index contributed by atoms with van der Waals surface area (Å²) in [6.45, 7) is 1.75. The second-order valence-corrected chi connectivity index (χ2v) is 3.15. The number of aryl methyl sites for hydroxylation is 1. The Balaban J connectivity index is 2.55. The van der Waals surface area contributed by atoms with Crippen LogP contribution in [0.5, 0.6) is 0 Å². The number of carbonyl (C=O) groups is 2. The molecule has 0 aliphatic carbocycles. The third-order valence-corrected chi connectivity index (χ3v) is 2.10. The largest absolute Gasteiger partial charge is 0.480 e. The first kappa shape index (κ1) is 8.68. The maximum atomic E-state index is 11.3. The van der Waals surface area contributed by atoms with Crippen LogP contribution in [-0.2, 0) is 9.59 Å². The van der Waals surface area contributed by atoms with Crippen LogP contribution >= 0.6 is 0 Å². The van der Waals surface area contributed by atoms with E-state index in [1.165, 1.54) is 0 Å². The van der Waals surface area contributed by atoms with Crippen molar-refractivity contribution < 1.29 is 14.7 Å². The van der Waals surface area contributed by atoms with Crippen molar-refractivity contribution in [3.05, 3.63) is 23.5 Å². The van der Waals surface area contributed by atoms with Crippen LogP contribution in [0.4, 0.5) is 5.69 Å². The van der Waals surface area contributed by atoms with E-state index in [0.29, 0.717) is 17.1 Å². The van der Waals surface area contributed by atoms with E-state index in [4.69, 9.17) is 5.11 Å². The first-order valence-corrected chi connectivity index (χ1v) is 4.11. The molecule has 1 amide bonds. The molecule has 1 aliphatic rings. The summed E-state index contributed by atoms with van der Waals surface area (Å²) in [6, 6.07) is 3.39. The molecule has 1 atom stereocenters. The van der Waals surface area contributed by atoms with Gasteiger partial charge in [0.05, 0.1) is 11.4 Å². The van der Waals surface area contributed by atoms with Crippen LogP contribution < -0.4 is 5.32 Å². The second-order valence-electron chi connectivity index (χ2n) is 3.15. The number of hydrogen-bond acceptors (Lipinski definition) is 3. The third kappa shape index (κ3) is 1.14. The third-order valence-electron chi connectivity index (χ3n) is 2.10. The monoisotopic (exact) mass is 192 g/mol. The number of aliphatic carboxylic acids is 1. The number of nitrogens with one attached hydrogen (secondary N) is 1. The normalized spacial score (nSPS) is 18.9. The molecular formula is C9H8N2O3. The van der Waals surface area contributed by atoms with E-state index in [1.54, 1.807) is 19.1 Å². The van der Waals surface area contributed by atoms with Crippen molar-refractivity contribution in [2.45, 2.75) is 12.8 Å². The van der Waals surface area contributed by atoms with Crippen LogP contribution in [0.3, 0.4) is 0 Å². The molecule has 2 rings (SSSR count). The quantitative estimate of drug-likeness (QED) is 0.635. The van der Waals surface area contributed by atoms with Crippen LogP contribution in [-0.4, -0.2) is 22.0 Å². The molecule has 0 saturated carbocycles. The maximum Gasteiger partial charge on any atom is 0.322 e. The summed E-state index contributed by atoms with van der Waals surface area (Å²) in [7, 11) is 0. The fourth-order valence-corrected chi connectivity index (χ4v) is 1.46. The minimum absolute atomic E-state index is 0.308. The minimum atomic E-state index is -1.17. The number of pyridine rings is 1. The number of hydrogen-bond donors (Lipinski definition) is 2. The Morgan fingerprint density at radius 2 is 2.29 bits per heavy atom. The highest BCUT2D eigenvalue weighted by Crippen LogP contribution is 2.30. The summed E-state index contributed by atoms with van der Waals surface area (Å²) in [6.07, 6.45) is 0. The van der Waals surface area contributed by atoms with Gasteiger partial charge in [-0.15, -0.1) is 0 Å². The number of aromatic nitrogens is 1. The Bertz CT molecular complexity index is 428. The van der Waals surface area contributed by atoms with E-state index in [-0.39, 0.29) is 0 Å². The van der Waals surface area contributed by atoms with E-state index in [2.05, 4.69) is 10.3 Å². The van der Waals surface area contributed by atoms with Crippen LogP contribution in [0.25, 0.3) is 0 Å². The Morgan fingerprint density at radius 1 is 1.57 bits per heavy atom. The summed E-state index contributed by atoms with van der Waals surface area (Å²) >= 11 is 0. The molecule has 2 heterocycles. The number of rotatable bonds is 1. The van der Waals surface area contributed by atoms with Gasteiger partial charge in [-0.1, -0.05) is 0 Å². The molecule has 0 bridgehead atoms. The summed E-state index contributed by atoms with van der Waals surface area (Å²) in [5.41, 5.74) is 1.50. The number of nitrogens with zero attached hydrogens (tertiary/aromatic N) is 1. The van der Waals surface area contributed by atoms with Gasteiger partial charge in [0.15, 0.2) is 5.92 Å². The number of carboxylic acids is 1. The van der Waals surface area contributed by atoms with Crippen LogP contribution in [0, 0.1) is 6.92 Å². The van der Waals surface area contributed by atoms with Gasteiger partial charge in [-0.3, -0.25) is 14.6 Å². The zero-order chi connectivity index (χ0) is 10.3. The maximum absolute atomic E-state index is 11.3. The highest BCUT2D eigenvalue weighted by Gasteiger charge is 2.37. The summed E-state index contributed by atoms with van der Waals surface area (Å²) in [5, 5.41) is 11.3. The summed E-state index contributed by atoms with van der Waals surface area (Å²) < 4.78 is 0. The molecule has 2 N–H and O–H groups in total. The molecule has 72 valence electrons. The smallest absolute Gasteiger partial charge is 0.322 e. The highest BCUT2D eigenvalue weighted by atomic mass is 16.4. The minimum Gasteiger partial charge on any atom is -0.480 e. The lowest BCUT2D eigenvalue weighted by molar-refractivity contribution is -0.141. The molecule has 5 heteroatoms. The van der Waals surface area contributed by atoms with Gasteiger partial charge in [0, 0.05) is 5.69 Å². The molecule has 1 aromatic heterocycles. The first-order chi connectivity index (χ1) is 6.59. The number of fused-ring (bicyclic) bond motifs is 1. The SMILES string of the molecule is Cc1ccc2c(n1)C(C(=O)O)C(=O)N2. The van der Waals surface area contributed by atoms with Crippen molar-refractivity contribution in [1.82, 2.24) is 4.98 Å². The summed E-state index contributed by atoms with van der Waals surface area (Å²) in [5.74, 6) is -2.85. The Hall–Kier alpha value is -1.91. The molecule has 0 fully saturated rings. The molecular weight excluding hydrogens is 184 g/mol. The topological polar surface area (TPSA) is 79.3 Å². The van der Waals surface area contributed by atoms with Crippen molar-refractivity contribution in [2.24, 2.45) is 0 Å². The van der Waals surface area contributed by atoms with Crippen molar-refractivity contribution in [3.63, 3.8) is 0 Å². The standard InChI is InChI=1S/C9H8N2O3/c1-4-2-3-5-7(10-4)6(9(13)14)8(12)11-5/h2-3,6H,1H3,(H,11,12)(H,13,14). The number of carboxylic acid groups (broad SMARTS) is 1. The molecule has 1 aromatic rings.